The second-order valence-corrected chi connectivity index (χ2v) is 7.56. The number of benzene rings is 3. The Morgan fingerprint density at radius 1 is 0.852 bits per heavy atom. The third kappa shape index (κ3) is 4.51. The van der Waals surface area contributed by atoms with Gasteiger partial charge in [0.05, 0.1) is 17.7 Å². The molecule has 3 rings (SSSR count). The molecule has 27 heavy (non-hydrogen) atoms. The largest absolute Gasteiger partial charge is 0.506 e. The maximum absolute atomic E-state index is 12.4. The zero-order valence-corrected chi connectivity index (χ0v) is 15.7. The van der Waals surface area contributed by atoms with Crippen LogP contribution in [0.4, 0.5) is 5.69 Å². The molecule has 0 aliphatic carbocycles. The fourth-order valence-corrected chi connectivity index (χ4v) is 3.44. The molecule has 6 nitrogen and oxygen atoms in total. The maximum atomic E-state index is 12.4. The first-order valence-corrected chi connectivity index (χ1v) is 9.60. The molecule has 3 aromatic carbocycles. The summed E-state index contributed by atoms with van der Waals surface area (Å²) in [6.07, 6.45) is 0. The minimum atomic E-state index is -3.80. The number of aromatic hydroxyl groups is 1. The first kappa shape index (κ1) is 18.6. The van der Waals surface area contributed by atoms with Crippen molar-refractivity contribution >= 4 is 15.7 Å². The van der Waals surface area contributed by atoms with E-state index in [-0.39, 0.29) is 16.3 Å². The Balaban J connectivity index is 1.76. The molecule has 0 saturated heterocycles. The van der Waals surface area contributed by atoms with Gasteiger partial charge in [0.2, 0.25) is 0 Å². The number of nitrogens with one attached hydrogen (secondary N) is 1. The topological polar surface area (TPSA) is 84.9 Å². The van der Waals surface area contributed by atoms with Crippen molar-refractivity contribution in [2.75, 3.05) is 11.8 Å². The quantitative estimate of drug-likeness (QED) is 0.618. The Morgan fingerprint density at radius 2 is 1.44 bits per heavy atom. The predicted octanol–water partition coefficient (Wildman–Crippen LogP) is 4.30. The van der Waals surface area contributed by atoms with E-state index in [9.17, 15) is 13.5 Å². The average Bonchev–Trinajstić information content (AvgIpc) is 2.65. The summed E-state index contributed by atoms with van der Waals surface area (Å²) in [6.45, 7) is 1.87. The smallest absolute Gasteiger partial charge is 0.262 e. The van der Waals surface area contributed by atoms with E-state index in [1.165, 1.54) is 24.3 Å². The number of aryl methyl sites for hydroxylation is 1. The van der Waals surface area contributed by atoms with E-state index in [1.54, 1.807) is 49.6 Å². The standard InChI is InChI=1S/C20H19NO5S/c1-14-3-10-18(11-4-14)27(23,24)21-19-12-9-17(13-20(19)22)26-16-7-5-15(25-2)6-8-16/h3-13,21-22H,1-2H3. The van der Waals surface area contributed by atoms with Crippen LogP contribution in [0.5, 0.6) is 23.0 Å². The SMILES string of the molecule is COc1ccc(Oc2ccc(NS(=O)(=O)c3ccc(C)cc3)c(O)c2)cc1. The number of phenolic OH excluding ortho intramolecular Hbond substituents is 1. The fourth-order valence-electron chi connectivity index (χ4n) is 2.36. The molecule has 2 N–H and O–H groups in total. The van der Waals surface area contributed by atoms with E-state index >= 15 is 0 Å². The Bertz CT molecular complexity index is 1030. The summed E-state index contributed by atoms with van der Waals surface area (Å²) in [7, 11) is -2.22. The van der Waals surface area contributed by atoms with Gasteiger partial charge in [0.1, 0.15) is 23.0 Å². The third-order valence-corrected chi connectivity index (χ3v) is 5.22. The first-order valence-electron chi connectivity index (χ1n) is 8.12. The molecule has 0 spiro atoms. The lowest BCUT2D eigenvalue weighted by atomic mass is 10.2. The zero-order valence-electron chi connectivity index (χ0n) is 14.8. The van der Waals surface area contributed by atoms with Crippen LogP contribution in [0.1, 0.15) is 5.56 Å². The molecule has 0 bridgehead atoms. The monoisotopic (exact) mass is 385 g/mol. The summed E-state index contributed by atoms with van der Waals surface area (Å²) < 4.78 is 38.0. The molecule has 140 valence electrons. The highest BCUT2D eigenvalue weighted by molar-refractivity contribution is 7.92. The fraction of sp³-hybridized carbons (Fsp3) is 0.100. The van der Waals surface area contributed by atoms with Crippen LogP contribution in [-0.2, 0) is 10.0 Å². The van der Waals surface area contributed by atoms with Gasteiger partial charge >= 0.3 is 0 Å². The number of rotatable bonds is 6. The highest BCUT2D eigenvalue weighted by Gasteiger charge is 2.16. The molecule has 0 heterocycles. The van der Waals surface area contributed by atoms with Crippen LogP contribution in [0.25, 0.3) is 0 Å². The van der Waals surface area contributed by atoms with Crippen molar-refractivity contribution in [2.45, 2.75) is 11.8 Å². The number of methoxy groups -OCH3 is 1. The second kappa shape index (κ2) is 7.59. The van der Waals surface area contributed by atoms with Crippen molar-refractivity contribution in [3.8, 4) is 23.0 Å². The Labute approximate surface area is 158 Å². The van der Waals surface area contributed by atoms with Crippen LogP contribution in [0.3, 0.4) is 0 Å². The average molecular weight is 385 g/mol. The van der Waals surface area contributed by atoms with Crippen LogP contribution in [0.15, 0.2) is 71.6 Å². The summed E-state index contributed by atoms with van der Waals surface area (Å²) in [5.41, 5.74) is 1.02. The van der Waals surface area contributed by atoms with Gasteiger partial charge in [0, 0.05) is 6.07 Å². The molecule has 0 radical (unpaired) electrons. The number of hydrogen-bond acceptors (Lipinski definition) is 5. The molecule has 0 saturated carbocycles. The predicted molar refractivity (Wildman–Crippen MR) is 103 cm³/mol. The summed E-state index contributed by atoms with van der Waals surface area (Å²) in [5.74, 6) is 1.39. The lowest BCUT2D eigenvalue weighted by Crippen LogP contribution is -2.13. The zero-order chi connectivity index (χ0) is 19.4. The van der Waals surface area contributed by atoms with Crippen molar-refractivity contribution < 1.29 is 23.0 Å². The van der Waals surface area contributed by atoms with Gasteiger partial charge in [0.15, 0.2) is 0 Å². The van der Waals surface area contributed by atoms with Crippen molar-refractivity contribution in [1.82, 2.24) is 0 Å². The molecule has 0 amide bonds. The summed E-state index contributed by atoms with van der Waals surface area (Å²) in [6, 6.07) is 17.7. The van der Waals surface area contributed by atoms with Gasteiger partial charge in [-0.05, 0) is 55.5 Å². The highest BCUT2D eigenvalue weighted by atomic mass is 32.2. The van der Waals surface area contributed by atoms with E-state index in [0.29, 0.717) is 17.2 Å². The van der Waals surface area contributed by atoms with Gasteiger partial charge < -0.3 is 14.6 Å². The molecule has 0 unspecified atom stereocenters. The molecule has 0 aromatic heterocycles. The van der Waals surface area contributed by atoms with Gasteiger partial charge in [-0.2, -0.15) is 0 Å². The molecule has 0 aliphatic rings. The van der Waals surface area contributed by atoms with Gasteiger partial charge in [-0.15, -0.1) is 0 Å². The number of phenols is 1. The molecule has 0 aliphatic heterocycles. The lowest BCUT2D eigenvalue weighted by Gasteiger charge is -2.12. The van der Waals surface area contributed by atoms with Crippen LogP contribution in [0.2, 0.25) is 0 Å². The summed E-state index contributed by atoms with van der Waals surface area (Å²) in [4.78, 5) is 0.117. The maximum Gasteiger partial charge on any atom is 0.262 e. The second-order valence-electron chi connectivity index (χ2n) is 5.88. The van der Waals surface area contributed by atoms with Crippen molar-refractivity contribution in [3.05, 3.63) is 72.3 Å². The number of anilines is 1. The third-order valence-electron chi connectivity index (χ3n) is 3.84. The Hall–Kier alpha value is -3.19. The molecular formula is C20H19NO5S. The van der Waals surface area contributed by atoms with Gasteiger partial charge in [-0.3, -0.25) is 4.72 Å². The number of hydrogen-bond donors (Lipinski definition) is 2. The number of ether oxygens (including phenoxy) is 2. The molecule has 3 aromatic rings. The van der Waals surface area contributed by atoms with Crippen molar-refractivity contribution in [3.63, 3.8) is 0 Å². The van der Waals surface area contributed by atoms with E-state index in [0.717, 1.165) is 5.56 Å². The molecule has 0 fully saturated rings. The van der Waals surface area contributed by atoms with Gasteiger partial charge in [-0.25, -0.2) is 8.42 Å². The van der Waals surface area contributed by atoms with Crippen LogP contribution >= 0.6 is 0 Å². The van der Waals surface area contributed by atoms with E-state index in [2.05, 4.69) is 4.72 Å². The van der Waals surface area contributed by atoms with Crippen molar-refractivity contribution in [2.24, 2.45) is 0 Å². The normalized spacial score (nSPS) is 11.0. The minimum absolute atomic E-state index is 0.0673. The van der Waals surface area contributed by atoms with E-state index in [1.807, 2.05) is 6.92 Å². The van der Waals surface area contributed by atoms with Crippen LogP contribution in [-0.4, -0.2) is 20.6 Å². The van der Waals surface area contributed by atoms with Gasteiger partial charge in [-0.1, -0.05) is 17.7 Å². The Kier molecular flexibility index (Phi) is 5.23. The first-order chi connectivity index (χ1) is 12.9. The van der Waals surface area contributed by atoms with Crippen molar-refractivity contribution in [1.29, 1.82) is 0 Å². The van der Waals surface area contributed by atoms with Crippen LogP contribution in [0, 0.1) is 6.92 Å². The summed E-state index contributed by atoms with van der Waals surface area (Å²) >= 11 is 0. The highest BCUT2D eigenvalue weighted by Crippen LogP contribution is 2.32. The molecular weight excluding hydrogens is 366 g/mol. The lowest BCUT2D eigenvalue weighted by molar-refractivity contribution is 0.412. The minimum Gasteiger partial charge on any atom is -0.506 e. The number of sulfonamides is 1. The molecule has 0 atom stereocenters. The van der Waals surface area contributed by atoms with Crippen LogP contribution < -0.4 is 14.2 Å². The van der Waals surface area contributed by atoms with E-state index < -0.39 is 10.0 Å². The van der Waals surface area contributed by atoms with Gasteiger partial charge in [0.25, 0.3) is 10.0 Å². The summed E-state index contributed by atoms with van der Waals surface area (Å²) in [5, 5.41) is 10.2. The molecule has 7 heteroatoms. The Morgan fingerprint density at radius 3 is 2.04 bits per heavy atom. The van der Waals surface area contributed by atoms with E-state index in [4.69, 9.17) is 9.47 Å².